The summed E-state index contributed by atoms with van der Waals surface area (Å²) >= 11 is 1.76. The number of fused-ring (bicyclic) bond motifs is 1. The van der Waals surface area contributed by atoms with Crippen LogP contribution in [0.5, 0.6) is 0 Å². The van der Waals surface area contributed by atoms with Gasteiger partial charge >= 0.3 is 0 Å². The Balaban J connectivity index is 1.52. The average molecular weight is 383 g/mol. The molecular formula is C22H26N2O2S. The van der Waals surface area contributed by atoms with Crippen LogP contribution in [0.2, 0.25) is 0 Å². The molecule has 4 rings (SSSR count). The van der Waals surface area contributed by atoms with E-state index in [9.17, 15) is 4.79 Å². The van der Waals surface area contributed by atoms with Crippen molar-refractivity contribution in [3.63, 3.8) is 0 Å². The molecule has 27 heavy (non-hydrogen) atoms. The number of aryl methyl sites for hydroxylation is 2. The van der Waals surface area contributed by atoms with Crippen molar-refractivity contribution in [1.82, 2.24) is 10.2 Å². The van der Waals surface area contributed by atoms with Crippen molar-refractivity contribution in [2.45, 2.75) is 39.2 Å². The predicted molar refractivity (Wildman–Crippen MR) is 111 cm³/mol. The number of hydrogen-bond acceptors (Lipinski definition) is 4. The third kappa shape index (κ3) is 3.80. The number of amides is 1. The van der Waals surface area contributed by atoms with E-state index in [1.807, 2.05) is 26.0 Å². The molecule has 3 aromatic rings. The van der Waals surface area contributed by atoms with Crippen molar-refractivity contribution in [3.05, 3.63) is 57.5 Å². The monoisotopic (exact) mass is 382 g/mol. The number of carbonyl (C=O) groups is 1. The van der Waals surface area contributed by atoms with Crippen molar-refractivity contribution >= 4 is 28.2 Å². The number of furan rings is 1. The summed E-state index contributed by atoms with van der Waals surface area (Å²) in [6, 6.07) is 10.6. The van der Waals surface area contributed by atoms with Gasteiger partial charge < -0.3 is 9.73 Å². The third-order valence-electron chi connectivity index (χ3n) is 5.46. The molecule has 2 aromatic heterocycles. The molecule has 1 atom stereocenters. The third-order valence-corrected chi connectivity index (χ3v) is 6.43. The summed E-state index contributed by atoms with van der Waals surface area (Å²) in [7, 11) is 0. The van der Waals surface area contributed by atoms with Gasteiger partial charge in [-0.3, -0.25) is 9.69 Å². The molecular weight excluding hydrogens is 356 g/mol. The summed E-state index contributed by atoms with van der Waals surface area (Å²) in [5.41, 5.74) is 2.82. The molecule has 0 aliphatic carbocycles. The van der Waals surface area contributed by atoms with E-state index in [1.165, 1.54) is 24.1 Å². The first-order chi connectivity index (χ1) is 13.1. The molecule has 1 amide bonds. The number of piperidine rings is 1. The zero-order valence-corrected chi connectivity index (χ0v) is 16.8. The van der Waals surface area contributed by atoms with Gasteiger partial charge in [0, 0.05) is 22.4 Å². The van der Waals surface area contributed by atoms with Crippen LogP contribution in [0, 0.1) is 13.8 Å². The van der Waals surface area contributed by atoms with Gasteiger partial charge in [-0.2, -0.15) is 0 Å². The summed E-state index contributed by atoms with van der Waals surface area (Å²) in [6.45, 7) is 6.79. The van der Waals surface area contributed by atoms with E-state index in [1.54, 1.807) is 11.3 Å². The van der Waals surface area contributed by atoms with Gasteiger partial charge in [-0.05, 0) is 62.9 Å². The summed E-state index contributed by atoms with van der Waals surface area (Å²) in [5, 5.41) is 6.26. The van der Waals surface area contributed by atoms with Gasteiger partial charge in [-0.15, -0.1) is 11.3 Å². The summed E-state index contributed by atoms with van der Waals surface area (Å²) in [6.07, 6.45) is 3.77. The van der Waals surface area contributed by atoms with Crippen LogP contribution >= 0.6 is 11.3 Å². The van der Waals surface area contributed by atoms with Crippen LogP contribution in [-0.2, 0) is 0 Å². The van der Waals surface area contributed by atoms with E-state index in [4.69, 9.17) is 4.42 Å². The van der Waals surface area contributed by atoms with Gasteiger partial charge in [-0.25, -0.2) is 0 Å². The lowest BCUT2D eigenvalue weighted by atomic mass is 10.1. The zero-order chi connectivity index (χ0) is 18.8. The van der Waals surface area contributed by atoms with Gasteiger partial charge in [0.05, 0.1) is 6.04 Å². The van der Waals surface area contributed by atoms with Gasteiger partial charge in [-0.1, -0.05) is 24.6 Å². The molecule has 142 valence electrons. The van der Waals surface area contributed by atoms with E-state index >= 15 is 0 Å². The second-order valence-electron chi connectivity index (χ2n) is 7.39. The van der Waals surface area contributed by atoms with Crippen LogP contribution in [0.1, 0.15) is 51.9 Å². The number of rotatable bonds is 5. The molecule has 1 aromatic carbocycles. The van der Waals surface area contributed by atoms with Gasteiger partial charge in [0.25, 0.3) is 5.91 Å². The van der Waals surface area contributed by atoms with E-state index in [-0.39, 0.29) is 11.9 Å². The van der Waals surface area contributed by atoms with E-state index in [0.29, 0.717) is 12.3 Å². The second-order valence-corrected chi connectivity index (χ2v) is 8.37. The minimum Gasteiger partial charge on any atom is -0.451 e. The molecule has 1 aliphatic rings. The Morgan fingerprint density at radius 3 is 2.78 bits per heavy atom. The zero-order valence-electron chi connectivity index (χ0n) is 16.0. The lowest BCUT2D eigenvalue weighted by Gasteiger charge is -2.34. The average Bonchev–Trinajstić information content (AvgIpc) is 3.31. The number of likely N-dealkylation sites (tertiary alicyclic amines) is 1. The van der Waals surface area contributed by atoms with Crippen LogP contribution in [-0.4, -0.2) is 30.4 Å². The molecule has 0 saturated carbocycles. The number of benzene rings is 1. The summed E-state index contributed by atoms with van der Waals surface area (Å²) in [5.74, 6) is 0.305. The predicted octanol–water partition coefficient (Wildman–Crippen LogP) is 5.07. The van der Waals surface area contributed by atoms with Crippen LogP contribution in [0.15, 0.2) is 40.1 Å². The highest BCUT2D eigenvalue weighted by Gasteiger charge is 2.25. The highest BCUT2D eigenvalue weighted by molar-refractivity contribution is 7.10. The fraction of sp³-hybridized carbons (Fsp3) is 0.409. The Morgan fingerprint density at radius 2 is 2.04 bits per heavy atom. The standard InChI is InChI=1S/C22H26N2O2S/c1-15-8-9-17-16(2)21(26-19(17)13-15)22(25)23-14-18(20-7-6-12-27-20)24-10-4-3-5-11-24/h6-9,12-13,18H,3-5,10-11,14H2,1-2H3,(H,23,25)/t18-/m0/s1. The van der Waals surface area contributed by atoms with Crippen molar-refractivity contribution in [2.24, 2.45) is 0 Å². The molecule has 1 aliphatic heterocycles. The van der Waals surface area contributed by atoms with Crippen LogP contribution in [0.3, 0.4) is 0 Å². The smallest absolute Gasteiger partial charge is 0.287 e. The fourth-order valence-corrected chi connectivity index (χ4v) is 4.80. The molecule has 1 fully saturated rings. The fourth-order valence-electron chi connectivity index (χ4n) is 3.94. The van der Waals surface area contributed by atoms with Crippen molar-refractivity contribution in [3.8, 4) is 0 Å². The molecule has 1 N–H and O–H groups in total. The first-order valence-electron chi connectivity index (χ1n) is 9.69. The van der Waals surface area contributed by atoms with Crippen molar-refractivity contribution in [2.75, 3.05) is 19.6 Å². The van der Waals surface area contributed by atoms with Gasteiger partial charge in [0.15, 0.2) is 5.76 Å². The Morgan fingerprint density at radius 1 is 1.22 bits per heavy atom. The molecule has 0 unspecified atom stereocenters. The van der Waals surface area contributed by atoms with E-state index in [2.05, 4.69) is 33.8 Å². The van der Waals surface area contributed by atoms with Crippen LogP contribution in [0.25, 0.3) is 11.0 Å². The lowest BCUT2D eigenvalue weighted by molar-refractivity contribution is 0.0899. The molecule has 0 radical (unpaired) electrons. The minimum absolute atomic E-state index is 0.125. The number of carbonyl (C=O) groups excluding carboxylic acids is 1. The summed E-state index contributed by atoms with van der Waals surface area (Å²) in [4.78, 5) is 16.7. The Labute approximate surface area is 164 Å². The highest BCUT2D eigenvalue weighted by atomic mass is 32.1. The highest BCUT2D eigenvalue weighted by Crippen LogP contribution is 2.29. The maximum Gasteiger partial charge on any atom is 0.287 e. The number of nitrogens with one attached hydrogen (secondary N) is 1. The SMILES string of the molecule is Cc1ccc2c(C)c(C(=O)NC[C@@H](c3cccs3)N3CCCCC3)oc2c1. The Bertz CT molecular complexity index is 923. The van der Waals surface area contributed by atoms with Crippen molar-refractivity contribution < 1.29 is 9.21 Å². The van der Waals surface area contributed by atoms with Crippen molar-refractivity contribution in [1.29, 1.82) is 0 Å². The maximum atomic E-state index is 12.9. The number of hydrogen-bond donors (Lipinski definition) is 1. The molecule has 4 nitrogen and oxygen atoms in total. The molecule has 3 heterocycles. The minimum atomic E-state index is -0.125. The number of thiophene rings is 1. The van der Waals surface area contributed by atoms with Crippen LogP contribution in [0.4, 0.5) is 0 Å². The van der Waals surface area contributed by atoms with E-state index < -0.39 is 0 Å². The van der Waals surface area contributed by atoms with Gasteiger partial charge in [0.2, 0.25) is 0 Å². The van der Waals surface area contributed by atoms with Crippen LogP contribution < -0.4 is 5.32 Å². The molecule has 5 heteroatoms. The maximum absolute atomic E-state index is 12.9. The quantitative estimate of drug-likeness (QED) is 0.670. The second kappa shape index (κ2) is 7.87. The molecule has 0 bridgehead atoms. The van der Waals surface area contributed by atoms with Gasteiger partial charge in [0.1, 0.15) is 5.58 Å². The number of nitrogens with zero attached hydrogens (tertiary/aromatic N) is 1. The Kier molecular flexibility index (Phi) is 5.32. The van der Waals surface area contributed by atoms with E-state index in [0.717, 1.165) is 35.2 Å². The molecule has 1 saturated heterocycles. The summed E-state index contributed by atoms with van der Waals surface area (Å²) < 4.78 is 5.89. The molecule has 0 spiro atoms. The topological polar surface area (TPSA) is 45.5 Å². The lowest BCUT2D eigenvalue weighted by Crippen LogP contribution is -2.40. The largest absolute Gasteiger partial charge is 0.451 e. The first kappa shape index (κ1) is 18.3. The normalized spacial score (nSPS) is 16.5. The Hall–Kier alpha value is -2.11. The first-order valence-corrected chi connectivity index (χ1v) is 10.6.